The van der Waals surface area contributed by atoms with Gasteiger partial charge in [0, 0.05) is 32.2 Å². The summed E-state index contributed by atoms with van der Waals surface area (Å²) < 4.78 is 16.2. The fourth-order valence-electron chi connectivity index (χ4n) is 4.89. The Morgan fingerprint density at radius 2 is 1.97 bits per heavy atom. The molecule has 1 saturated heterocycles. The van der Waals surface area contributed by atoms with Gasteiger partial charge in [0.05, 0.1) is 36.6 Å². The number of aliphatic carboxylic acids is 1. The van der Waals surface area contributed by atoms with Gasteiger partial charge in [0.2, 0.25) is 0 Å². The number of carbonyl (C=O) groups is 2. The van der Waals surface area contributed by atoms with Crippen LogP contribution < -0.4 is 4.90 Å². The number of methoxy groups -OCH3 is 1. The molecule has 0 aromatic carbocycles. The molecule has 0 radical (unpaired) electrons. The fourth-order valence-corrected chi connectivity index (χ4v) is 4.89. The summed E-state index contributed by atoms with van der Waals surface area (Å²) in [5.41, 5.74) is 1.21. The molecule has 192 valence electrons. The summed E-state index contributed by atoms with van der Waals surface area (Å²) >= 11 is 0. The molecule has 1 fully saturated rings. The third kappa shape index (κ3) is 5.07. The average molecular weight is 489 g/mol. The normalized spacial score (nSPS) is 21.4. The van der Waals surface area contributed by atoms with Crippen LogP contribution in [-0.4, -0.2) is 78.2 Å². The van der Waals surface area contributed by atoms with E-state index in [1.54, 1.807) is 6.92 Å². The molecule has 0 aliphatic carbocycles. The number of carboxylic acids is 1. The van der Waals surface area contributed by atoms with Crippen molar-refractivity contribution < 1.29 is 28.9 Å². The van der Waals surface area contributed by atoms with E-state index < -0.39 is 23.2 Å². The summed E-state index contributed by atoms with van der Waals surface area (Å²) in [6.07, 6.45) is 0.0409. The molecule has 3 rings (SSSR count). The first kappa shape index (κ1) is 26.7. The number of amides is 1. The number of rotatable bonds is 7. The van der Waals surface area contributed by atoms with Crippen molar-refractivity contribution in [3.8, 4) is 6.07 Å². The van der Waals surface area contributed by atoms with Gasteiger partial charge in [0.15, 0.2) is 5.54 Å². The van der Waals surface area contributed by atoms with Crippen LogP contribution in [0.3, 0.4) is 0 Å². The second-order valence-corrected chi connectivity index (χ2v) is 10.0. The number of ether oxygens (including phenoxy) is 3. The lowest BCUT2D eigenvalue weighted by atomic mass is 9.85. The number of hydrogen-bond acceptors (Lipinski definition) is 8. The van der Waals surface area contributed by atoms with Gasteiger partial charge < -0.3 is 24.2 Å². The van der Waals surface area contributed by atoms with Gasteiger partial charge in [-0.1, -0.05) is 20.8 Å². The van der Waals surface area contributed by atoms with Crippen LogP contribution in [0.4, 0.5) is 10.6 Å². The van der Waals surface area contributed by atoms with Crippen molar-refractivity contribution in [3.63, 3.8) is 0 Å². The molecule has 10 heteroatoms. The molecule has 1 aromatic rings. The van der Waals surface area contributed by atoms with Crippen molar-refractivity contribution >= 4 is 17.9 Å². The average Bonchev–Trinajstić information content (AvgIpc) is 2.81. The number of piperazine rings is 1. The van der Waals surface area contributed by atoms with E-state index in [-0.39, 0.29) is 38.6 Å². The lowest BCUT2D eigenvalue weighted by molar-refractivity contribution is -0.151. The van der Waals surface area contributed by atoms with Gasteiger partial charge in [0.1, 0.15) is 18.5 Å². The molecule has 1 amide bonds. The third-order valence-electron chi connectivity index (χ3n) is 6.87. The van der Waals surface area contributed by atoms with Crippen molar-refractivity contribution in [2.75, 3.05) is 44.9 Å². The van der Waals surface area contributed by atoms with Crippen LogP contribution in [0.2, 0.25) is 0 Å². The van der Waals surface area contributed by atoms with Gasteiger partial charge in [-0.25, -0.2) is 14.6 Å². The van der Waals surface area contributed by atoms with Crippen LogP contribution in [0.5, 0.6) is 0 Å². The summed E-state index contributed by atoms with van der Waals surface area (Å²) in [5.74, 6) is -0.560. The standard InChI is InChI=1S/C25H36N4O6/c1-7-25(22(30)31)15-28(8-9-29(25)23(32)34-11-10-33-6)21-18(13-26)17-12-24(4,5)35-14-19(17)20(27-21)16(2)3/h16H,7-12,14-15H2,1-6H3,(H,30,31). The predicted octanol–water partition coefficient (Wildman–Crippen LogP) is 3.07. The molecular formula is C25H36N4O6. The summed E-state index contributed by atoms with van der Waals surface area (Å²) in [6.45, 7) is 10.9. The number of carboxylic acid groups (broad SMARTS) is 1. The predicted molar refractivity (Wildman–Crippen MR) is 128 cm³/mol. The van der Waals surface area contributed by atoms with E-state index in [0.717, 1.165) is 16.8 Å². The van der Waals surface area contributed by atoms with Crippen molar-refractivity contribution in [2.45, 2.75) is 71.1 Å². The number of pyridine rings is 1. The van der Waals surface area contributed by atoms with E-state index in [2.05, 4.69) is 6.07 Å². The van der Waals surface area contributed by atoms with E-state index in [1.807, 2.05) is 32.6 Å². The monoisotopic (exact) mass is 488 g/mol. The number of nitrogens with zero attached hydrogens (tertiary/aromatic N) is 4. The smallest absolute Gasteiger partial charge is 0.410 e. The second-order valence-electron chi connectivity index (χ2n) is 10.0. The Morgan fingerprint density at radius 3 is 2.54 bits per heavy atom. The van der Waals surface area contributed by atoms with Crippen molar-refractivity contribution in [1.82, 2.24) is 9.88 Å². The highest BCUT2D eigenvalue weighted by Gasteiger charge is 2.51. The second kappa shape index (κ2) is 10.4. The largest absolute Gasteiger partial charge is 0.479 e. The lowest BCUT2D eigenvalue weighted by Crippen LogP contribution is -2.68. The highest BCUT2D eigenvalue weighted by atomic mass is 16.6. The molecule has 0 spiro atoms. The topological polar surface area (TPSA) is 125 Å². The highest BCUT2D eigenvalue weighted by molar-refractivity contribution is 5.86. The maximum atomic E-state index is 12.8. The first-order valence-electron chi connectivity index (χ1n) is 12.0. The number of carbonyl (C=O) groups excluding carboxylic acids is 1. The van der Waals surface area contributed by atoms with Gasteiger partial charge in [-0.3, -0.25) is 4.90 Å². The SMILES string of the molecule is CCC1(C(=O)O)CN(c2nc(C(C)C)c3c(c2C#N)CC(C)(C)OC3)CCN1C(=O)OCCOC. The minimum absolute atomic E-state index is 0.00386. The van der Waals surface area contributed by atoms with E-state index in [0.29, 0.717) is 31.0 Å². The zero-order valence-electron chi connectivity index (χ0n) is 21.5. The zero-order chi connectivity index (χ0) is 26.0. The molecule has 1 N–H and O–H groups in total. The number of nitriles is 1. The summed E-state index contributed by atoms with van der Waals surface area (Å²) in [6, 6.07) is 2.34. The van der Waals surface area contributed by atoms with Gasteiger partial charge in [-0.15, -0.1) is 0 Å². The molecule has 2 aliphatic heterocycles. The van der Waals surface area contributed by atoms with Gasteiger partial charge in [-0.2, -0.15) is 5.26 Å². The van der Waals surface area contributed by atoms with Crippen LogP contribution in [0.25, 0.3) is 0 Å². The van der Waals surface area contributed by atoms with E-state index in [1.165, 1.54) is 12.0 Å². The summed E-state index contributed by atoms with van der Waals surface area (Å²) in [7, 11) is 1.50. The minimum Gasteiger partial charge on any atom is -0.479 e. The number of anilines is 1. The molecule has 0 saturated carbocycles. The third-order valence-corrected chi connectivity index (χ3v) is 6.87. The molecule has 35 heavy (non-hydrogen) atoms. The minimum atomic E-state index is -1.52. The number of fused-ring (bicyclic) bond motifs is 1. The molecule has 1 aromatic heterocycles. The van der Waals surface area contributed by atoms with Crippen molar-refractivity contribution in [1.29, 1.82) is 5.26 Å². The van der Waals surface area contributed by atoms with Gasteiger partial charge in [-0.05, 0) is 31.7 Å². The van der Waals surface area contributed by atoms with Crippen molar-refractivity contribution in [3.05, 3.63) is 22.4 Å². The molecule has 3 heterocycles. The van der Waals surface area contributed by atoms with Crippen LogP contribution in [0.1, 0.15) is 69.3 Å². The van der Waals surface area contributed by atoms with Crippen LogP contribution in [0.15, 0.2) is 0 Å². The molecule has 10 nitrogen and oxygen atoms in total. The van der Waals surface area contributed by atoms with Crippen LogP contribution >= 0.6 is 0 Å². The van der Waals surface area contributed by atoms with E-state index in [9.17, 15) is 20.0 Å². The molecular weight excluding hydrogens is 452 g/mol. The van der Waals surface area contributed by atoms with Crippen LogP contribution in [-0.2, 0) is 32.0 Å². The molecule has 1 unspecified atom stereocenters. The Kier molecular flexibility index (Phi) is 7.92. The maximum Gasteiger partial charge on any atom is 0.410 e. The zero-order valence-corrected chi connectivity index (χ0v) is 21.5. The first-order valence-corrected chi connectivity index (χ1v) is 12.0. The molecule has 0 bridgehead atoms. The van der Waals surface area contributed by atoms with Gasteiger partial charge in [0.25, 0.3) is 0 Å². The Hall–Kier alpha value is -2.90. The van der Waals surface area contributed by atoms with Gasteiger partial charge >= 0.3 is 12.1 Å². The highest BCUT2D eigenvalue weighted by Crippen LogP contribution is 2.39. The Bertz CT molecular complexity index is 1020. The van der Waals surface area contributed by atoms with E-state index in [4.69, 9.17) is 19.2 Å². The quantitative estimate of drug-likeness (QED) is 0.576. The Balaban J connectivity index is 2.06. The van der Waals surface area contributed by atoms with E-state index >= 15 is 0 Å². The Morgan fingerprint density at radius 1 is 1.26 bits per heavy atom. The maximum absolute atomic E-state index is 12.8. The van der Waals surface area contributed by atoms with Crippen molar-refractivity contribution in [2.24, 2.45) is 0 Å². The summed E-state index contributed by atoms with van der Waals surface area (Å²) in [5, 5.41) is 20.5. The fraction of sp³-hybridized carbons (Fsp3) is 0.680. The number of aromatic nitrogens is 1. The number of hydrogen-bond donors (Lipinski definition) is 1. The molecule has 1 atom stereocenters. The first-order chi connectivity index (χ1) is 16.5. The lowest BCUT2D eigenvalue weighted by Gasteiger charge is -2.47. The molecule has 2 aliphatic rings. The van der Waals surface area contributed by atoms with Crippen LogP contribution in [0, 0.1) is 11.3 Å². The Labute approximate surface area is 206 Å². The summed E-state index contributed by atoms with van der Waals surface area (Å²) in [4.78, 5) is 33.4.